The molecule has 1 saturated heterocycles. The van der Waals surface area contributed by atoms with Gasteiger partial charge in [0.25, 0.3) is 5.91 Å². The molecule has 2 aromatic rings. The Hall–Kier alpha value is -2.11. The minimum Gasteiger partial charge on any atom is -0.466 e. The van der Waals surface area contributed by atoms with Crippen LogP contribution in [-0.2, 0) is 13.0 Å². The van der Waals surface area contributed by atoms with Gasteiger partial charge in [-0.3, -0.25) is 9.48 Å². The molecule has 1 aliphatic heterocycles. The van der Waals surface area contributed by atoms with Crippen LogP contribution in [0, 0.1) is 19.8 Å². The third-order valence-corrected chi connectivity index (χ3v) is 4.90. The standard InChI is InChI=1S/C19H28N4O2/c1-4-5-8-17-13-23(21-20-17)12-16-7-6-9-22(11-16)19(24)18-10-14(2)25-15(18)3/h10,13,16H,4-9,11-12H2,1-3H3. The number of amides is 1. The van der Waals surface area contributed by atoms with E-state index in [1.165, 1.54) is 6.42 Å². The highest BCUT2D eigenvalue weighted by Crippen LogP contribution is 2.22. The molecule has 0 N–H and O–H groups in total. The molecule has 3 rings (SSSR count). The van der Waals surface area contributed by atoms with E-state index in [4.69, 9.17) is 4.42 Å². The Bertz CT molecular complexity index is 719. The number of piperidine rings is 1. The van der Waals surface area contributed by atoms with Crippen LogP contribution < -0.4 is 0 Å². The second-order valence-corrected chi connectivity index (χ2v) is 7.12. The van der Waals surface area contributed by atoms with E-state index < -0.39 is 0 Å². The van der Waals surface area contributed by atoms with Gasteiger partial charge in [0.05, 0.1) is 11.3 Å². The van der Waals surface area contributed by atoms with Crippen LogP contribution in [0.3, 0.4) is 0 Å². The van der Waals surface area contributed by atoms with Crippen LogP contribution in [-0.4, -0.2) is 38.9 Å². The highest BCUT2D eigenvalue weighted by molar-refractivity contribution is 5.95. The molecule has 6 nitrogen and oxygen atoms in total. The van der Waals surface area contributed by atoms with Crippen LogP contribution in [0.2, 0.25) is 0 Å². The van der Waals surface area contributed by atoms with Crippen molar-refractivity contribution in [3.05, 3.63) is 35.0 Å². The molecule has 0 aliphatic carbocycles. The first-order chi connectivity index (χ1) is 12.1. The molecule has 136 valence electrons. The fraction of sp³-hybridized carbons (Fsp3) is 0.632. The van der Waals surface area contributed by atoms with Crippen LogP contribution in [0.15, 0.2) is 16.7 Å². The number of carbonyl (C=O) groups excluding carboxylic acids is 1. The second-order valence-electron chi connectivity index (χ2n) is 7.12. The van der Waals surface area contributed by atoms with Crippen molar-refractivity contribution in [3.8, 4) is 0 Å². The van der Waals surface area contributed by atoms with Gasteiger partial charge in [-0.15, -0.1) is 5.10 Å². The zero-order valence-corrected chi connectivity index (χ0v) is 15.5. The van der Waals surface area contributed by atoms with Crippen LogP contribution >= 0.6 is 0 Å². The molecular weight excluding hydrogens is 316 g/mol. The molecule has 1 amide bonds. The third-order valence-electron chi connectivity index (χ3n) is 4.90. The number of likely N-dealkylation sites (tertiary alicyclic amines) is 1. The Morgan fingerprint density at radius 2 is 2.24 bits per heavy atom. The fourth-order valence-corrected chi connectivity index (χ4v) is 3.58. The normalized spacial score (nSPS) is 17.9. The summed E-state index contributed by atoms with van der Waals surface area (Å²) in [5, 5.41) is 8.51. The monoisotopic (exact) mass is 344 g/mol. The van der Waals surface area contributed by atoms with Gasteiger partial charge in [-0.2, -0.15) is 0 Å². The topological polar surface area (TPSA) is 64.2 Å². The molecule has 1 fully saturated rings. The molecule has 0 bridgehead atoms. The highest BCUT2D eigenvalue weighted by atomic mass is 16.3. The number of nitrogens with zero attached hydrogens (tertiary/aromatic N) is 4. The maximum atomic E-state index is 12.8. The lowest BCUT2D eigenvalue weighted by atomic mass is 9.97. The minimum atomic E-state index is 0.0845. The Labute approximate surface area is 149 Å². The zero-order chi connectivity index (χ0) is 17.8. The van der Waals surface area contributed by atoms with E-state index in [0.717, 1.165) is 56.8 Å². The van der Waals surface area contributed by atoms with E-state index in [1.807, 2.05) is 29.5 Å². The molecule has 6 heteroatoms. The van der Waals surface area contributed by atoms with E-state index in [1.54, 1.807) is 0 Å². The predicted octanol–water partition coefficient (Wildman–Crippen LogP) is 3.38. The minimum absolute atomic E-state index is 0.0845. The van der Waals surface area contributed by atoms with Crippen LogP contribution in [0.1, 0.15) is 60.2 Å². The number of furan rings is 1. The van der Waals surface area contributed by atoms with Gasteiger partial charge >= 0.3 is 0 Å². The number of unbranched alkanes of at least 4 members (excludes halogenated alkanes) is 1. The lowest BCUT2D eigenvalue weighted by Crippen LogP contribution is -2.41. The maximum absolute atomic E-state index is 12.8. The van der Waals surface area contributed by atoms with Crippen molar-refractivity contribution in [1.82, 2.24) is 19.9 Å². The average molecular weight is 344 g/mol. The summed E-state index contributed by atoms with van der Waals surface area (Å²) < 4.78 is 7.46. The third kappa shape index (κ3) is 4.30. The van der Waals surface area contributed by atoms with Crippen molar-refractivity contribution < 1.29 is 9.21 Å². The fourth-order valence-electron chi connectivity index (χ4n) is 3.58. The Balaban J connectivity index is 1.60. The lowest BCUT2D eigenvalue weighted by molar-refractivity contribution is 0.0657. The quantitative estimate of drug-likeness (QED) is 0.806. The van der Waals surface area contributed by atoms with Gasteiger partial charge in [0.1, 0.15) is 11.5 Å². The van der Waals surface area contributed by atoms with E-state index >= 15 is 0 Å². The van der Waals surface area contributed by atoms with Gasteiger partial charge in [0.15, 0.2) is 0 Å². The molecule has 0 radical (unpaired) electrons. The first kappa shape index (κ1) is 17.7. The molecule has 25 heavy (non-hydrogen) atoms. The number of aryl methyl sites for hydroxylation is 3. The molecular formula is C19H28N4O2. The van der Waals surface area contributed by atoms with Gasteiger partial charge in [0, 0.05) is 25.8 Å². The van der Waals surface area contributed by atoms with Crippen molar-refractivity contribution in [3.63, 3.8) is 0 Å². The number of rotatable bonds is 6. The maximum Gasteiger partial charge on any atom is 0.257 e. The molecule has 2 aromatic heterocycles. The summed E-state index contributed by atoms with van der Waals surface area (Å²) in [5.74, 6) is 2.01. The van der Waals surface area contributed by atoms with Gasteiger partial charge < -0.3 is 9.32 Å². The van der Waals surface area contributed by atoms with Gasteiger partial charge in [-0.25, -0.2) is 0 Å². The largest absolute Gasteiger partial charge is 0.466 e. The van der Waals surface area contributed by atoms with Crippen molar-refractivity contribution in [2.75, 3.05) is 13.1 Å². The smallest absolute Gasteiger partial charge is 0.257 e. The van der Waals surface area contributed by atoms with Crippen LogP contribution in [0.5, 0.6) is 0 Å². The lowest BCUT2D eigenvalue weighted by Gasteiger charge is -2.32. The van der Waals surface area contributed by atoms with Gasteiger partial charge in [-0.05, 0) is 51.5 Å². The number of aromatic nitrogens is 3. The first-order valence-electron chi connectivity index (χ1n) is 9.32. The summed E-state index contributed by atoms with van der Waals surface area (Å²) in [6.07, 6.45) is 7.51. The Kier molecular flexibility index (Phi) is 5.56. The predicted molar refractivity (Wildman–Crippen MR) is 95.4 cm³/mol. The van der Waals surface area contributed by atoms with Crippen molar-refractivity contribution in [2.24, 2.45) is 5.92 Å². The Morgan fingerprint density at radius 3 is 2.96 bits per heavy atom. The molecule has 0 aromatic carbocycles. The van der Waals surface area contributed by atoms with E-state index in [-0.39, 0.29) is 5.91 Å². The molecule has 1 atom stereocenters. The molecule has 0 spiro atoms. The van der Waals surface area contributed by atoms with Crippen LogP contribution in [0.4, 0.5) is 0 Å². The van der Waals surface area contributed by atoms with Crippen molar-refractivity contribution >= 4 is 5.91 Å². The summed E-state index contributed by atoms with van der Waals surface area (Å²) in [6.45, 7) is 8.33. The summed E-state index contributed by atoms with van der Waals surface area (Å²) in [7, 11) is 0. The van der Waals surface area contributed by atoms with E-state index in [0.29, 0.717) is 17.2 Å². The SMILES string of the molecule is CCCCc1cn(CC2CCCN(C(=O)c3cc(C)oc3C)C2)nn1. The molecule has 1 unspecified atom stereocenters. The van der Waals surface area contributed by atoms with E-state index in [9.17, 15) is 4.79 Å². The number of carbonyl (C=O) groups is 1. The summed E-state index contributed by atoms with van der Waals surface area (Å²) >= 11 is 0. The van der Waals surface area contributed by atoms with Crippen molar-refractivity contribution in [1.29, 1.82) is 0 Å². The van der Waals surface area contributed by atoms with Gasteiger partial charge in [-0.1, -0.05) is 18.6 Å². The summed E-state index contributed by atoms with van der Waals surface area (Å²) in [6, 6.07) is 1.85. The molecule has 0 saturated carbocycles. The summed E-state index contributed by atoms with van der Waals surface area (Å²) in [4.78, 5) is 14.7. The number of hydrogen-bond acceptors (Lipinski definition) is 4. The summed E-state index contributed by atoms with van der Waals surface area (Å²) in [5.41, 5.74) is 1.76. The zero-order valence-electron chi connectivity index (χ0n) is 15.5. The molecule has 3 heterocycles. The van der Waals surface area contributed by atoms with E-state index in [2.05, 4.69) is 23.4 Å². The highest BCUT2D eigenvalue weighted by Gasteiger charge is 2.27. The van der Waals surface area contributed by atoms with Crippen LogP contribution in [0.25, 0.3) is 0 Å². The second kappa shape index (κ2) is 7.85. The number of hydrogen-bond donors (Lipinski definition) is 0. The first-order valence-corrected chi connectivity index (χ1v) is 9.32. The molecule has 1 aliphatic rings. The average Bonchev–Trinajstić information content (AvgIpc) is 3.18. The Morgan fingerprint density at radius 1 is 1.40 bits per heavy atom. The van der Waals surface area contributed by atoms with Gasteiger partial charge in [0.2, 0.25) is 0 Å². The van der Waals surface area contributed by atoms with Crippen molar-refractivity contribution in [2.45, 2.75) is 59.4 Å².